The van der Waals surface area contributed by atoms with Gasteiger partial charge >= 0.3 is 11.9 Å². The topological polar surface area (TPSA) is 124 Å². The number of carbonyl (C=O) groups is 2. The summed E-state index contributed by atoms with van der Waals surface area (Å²) in [6.07, 6.45) is 4.98. The van der Waals surface area contributed by atoms with Crippen LogP contribution in [0, 0.1) is 11.3 Å². The standard InChI is InChI=1S/C16H18N2O2.C4H4O4/c1-18-7-5-11(6-8-18)16-15-13(10-20-16)12(9-17)3-4-14(15)19-2;5-3(6)1-2-4(7)8/h3-4,10-11H,5-8H2,1-2H3;1-2H,(H,5,6)(H,7,8). The molecule has 28 heavy (non-hydrogen) atoms. The normalized spacial score (nSPS) is 15.0. The van der Waals surface area contributed by atoms with Gasteiger partial charge in [0, 0.05) is 23.5 Å². The summed E-state index contributed by atoms with van der Waals surface area (Å²) in [5, 5.41) is 26.7. The molecule has 2 aromatic rings. The Morgan fingerprint density at radius 2 is 1.86 bits per heavy atom. The van der Waals surface area contributed by atoms with E-state index in [1.54, 1.807) is 19.4 Å². The van der Waals surface area contributed by atoms with Gasteiger partial charge in [0.05, 0.1) is 24.1 Å². The molecule has 1 saturated heterocycles. The number of rotatable bonds is 4. The number of hydrogen-bond donors (Lipinski definition) is 2. The van der Waals surface area contributed by atoms with Crippen LogP contribution in [0.5, 0.6) is 5.75 Å². The van der Waals surface area contributed by atoms with Crippen molar-refractivity contribution in [1.29, 1.82) is 5.26 Å². The van der Waals surface area contributed by atoms with Gasteiger partial charge in [-0.1, -0.05) is 0 Å². The average molecular weight is 386 g/mol. The minimum Gasteiger partial charge on any atom is -0.496 e. The molecule has 0 aliphatic carbocycles. The minimum atomic E-state index is -1.26. The third kappa shape index (κ3) is 5.11. The molecular formula is C20H22N2O6. The number of hydrogen-bond acceptors (Lipinski definition) is 6. The van der Waals surface area contributed by atoms with Crippen molar-refractivity contribution < 1.29 is 29.0 Å². The summed E-state index contributed by atoms with van der Waals surface area (Å²) < 4.78 is 11.3. The molecule has 1 aromatic carbocycles. The molecule has 0 atom stereocenters. The van der Waals surface area contributed by atoms with Gasteiger partial charge in [0.15, 0.2) is 0 Å². The highest BCUT2D eigenvalue weighted by atomic mass is 16.5. The van der Waals surface area contributed by atoms with E-state index in [4.69, 9.17) is 19.4 Å². The zero-order chi connectivity index (χ0) is 20.7. The molecule has 8 nitrogen and oxygen atoms in total. The van der Waals surface area contributed by atoms with Gasteiger partial charge in [-0.2, -0.15) is 5.26 Å². The molecule has 0 spiro atoms. The van der Waals surface area contributed by atoms with Gasteiger partial charge in [-0.3, -0.25) is 0 Å². The lowest BCUT2D eigenvalue weighted by Crippen LogP contribution is -2.29. The molecule has 0 bridgehead atoms. The Bertz CT molecular complexity index is 901. The highest BCUT2D eigenvalue weighted by Crippen LogP contribution is 2.39. The van der Waals surface area contributed by atoms with Gasteiger partial charge in [0.25, 0.3) is 0 Å². The molecule has 148 valence electrons. The molecular weight excluding hydrogens is 364 g/mol. The third-order valence-electron chi connectivity index (χ3n) is 4.56. The largest absolute Gasteiger partial charge is 0.496 e. The molecule has 2 N–H and O–H groups in total. The second-order valence-corrected chi connectivity index (χ2v) is 6.40. The molecule has 3 rings (SSSR count). The molecule has 1 aromatic heterocycles. The number of furan rings is 1. The monoisotopic (exact) mass is 386 g/mol. The summed E-state index contributed by atoms with van der Waals surface area (Å²) >= 11 is 0. The second kappa shape index (κ2) is 9.58. The Balaban J connectivity index is 0.000000300. The number of fused-ring (bicyclic) bond motifs is 1. The number of aliphatic carboxylic acids is 2. The van der Waals surface area contributed by atoms with E-state index >= 15 is 0 Å². The summed E-state index contributed by atoms with van der Waals surface area (Å²) in [5.41, 5.74) is 0.642. The fourth-order valence-corrected chi connectivity index (χ4v) is 3.14. The van der Waals surface area contributed by atoms with Gasteiger partial charge in [0.2, 0.25) is 0 Å². The number of carboxylic acids is 2. The predicted octanol–water partition coefficient (Wildman–Crippen LogP) is 2.83. The molecule has 0 radical (unpaired) electrons. The van der Waals surface area contributed by atoms with Gasteiger partial charge in [-0.15, -0.1) is 0 Å². The fourth-order valence-electron chi connectivity index (χ4n) is 3.14. The highest BCUT2D eigenvalue weighted by molar-refractivity contribution is 5.94. The van der Waals surface area contributed by atoms with Crippen LogP contribution in [0.1, 0.15) is 30.1 Å². The quantitative estimate of drug-likeness (QED) is 0.769. The molecule has 0 unspecified atom stereocenters. The number of methoxy groups -OCH3 is 1. The maximum atomic E-state index is 9.55. The first kappa shape index (κ1) is 21.0. The van der Waals surface area contributed by atoms with E-state index in [1.807, 2.05) is 6.07 Å². The second-order valence-electron chi connectivity index (χ2n) is 6.40. The lowest BCUT2D eigenvalue weighted by atomic mass is 9.91. The Morgan fingerprint density at radius 3 is 2.36 bits per heavy atom. The van der Waals surface area contributed by atoms with Crippen LogP contribution >= 0.6 is 0 Å². The van der Waals surface area contributed by atoms with Gasteiger partial charge < -0.3 is 24.3 Å². The van der Waals surface area contributed by atoms with Gasteiger partial charge in [-0.25, -0.2) is 9.59 Å². The third-order valence-corrected chi connectivity index (χ3v) is 4.56. The van der Waals surface area contributed by atoms with Crippen LogP contribution < -0.4 is 4.74 Å². The van der Waals surface area contributed by atoms with Crippen molar-refractivity contribution in [2.24, 2.45) is 0 Å². The van der Waals surface area contributed by atoms with Crippen LogP contribution in [0.15, 0.2) is 35.0 Å². The van der Waals surface area contributed by atoms with E-state index in [0.717, 1.165) is 48.2 Å². The Labute approximate surface area is 162 Å². The van der Waals surface area contributed by atoms with Crippen LogP contribution in [0.25, 0.3) is 10.8 Å². The van der Waals surface area contributed by atoms with Crippen LogP contribution in [0.3, 0.4) is 0 Å². The van der Waals surface area contributed by atoms with Crippen molar-refractivity contribution in [3.8, 4) is 11.8 Å². The first-order valence-corrected chi connectivity index (χ1v) is 8.68. The number of piperidine rings is 1. The molecule has 1 aliphatic heterocycles. The number of ether oxygens (including phenoxy) is 1. The summed E-state index contributed by atoms with van der Waals surface area (Å²) in [6, 6.07) is 5.86. The van der Waals surface area contributed by atoms with E-state index < -0.39 is 11.9 Å². The summed E-state index contributed by atoms with van der Waals surface area (Å²) in [7, 11) is 3.80. The summed E-state index contributed by atoms with van der Waals surface area (Å²) in [5.74, 6) is -0.338. The zero-order valence-corrected chi connectivity index (χ0v) is 15.7. The smallest absolute Gasteiger partial charge is 0.328 e. The number of carboxylic acid groups (broad SMARTS) is 2. The Kier molecular flexibility index (Phi) is 7.18. The van der Waals surface area contributed by atoms with Crippen molar-refractivity contribution in [1.82, 2.24) is 4.90 Å². The van der Waals surface area contributed by atoms with Crippen molar-refractivity contribution in [2.45, 2.75) is 18.8 Å². The van der Waals surface area contributed by atoms with E-state index in [1.165, 1.54) is 0 Å². The number of nitrogens with zero attached hydrogens (tertiary/aromatic N) is 2. The van der Waals surface area contributed by atoms with Crippen LogP contribution in [0.2, 0.25) is 0 Å². The van der Waals surface area contributed by atoms with E-state index in [9.17, 15) is 14.9 Å². The molecule has 1 fully saturated rings. The number of benzene rings is 1. The predicted molar refractivity (Wildman–Crippen MR) is 101 cm³/mol. The van der Waals surface area contributed by atoms with Crippen molar-refractivity contribution in [2.75, 3.05) is 27.2 Å². The molecule has 0 amide bonds. The van der Waals surface area contributed by atoms with Crippen molar-refractivity contribution in [3.05, 3.63) is 41.9 Å². The molecule has 2 heterocycles. The van der Waals surface area contributed by atoms with E-state index in [2.05, 4.69) is 18.0 Å². The maximum absolute atomic E-state index is 9.55. The van der Waals surface area contributed by atoms with Gasteiger partial charge in [0.1, 0.15) is 17.8 Å². The summed E-state index contributed by atoms with van der Waals surface area (Å²) in [6.45, 7) is 2.15. The lowest BCUT2D eigenvalue weighted by Gasteiger charge is -2.28. The lowest BCUT2D eigenvalue weighted by molar-refractivity contribution is -0.134. The maximum Gasteiger partial charge on any atom is 0.328 e. The summed E-state index contributed by atoms with van der Waals surface area (Å²) in [4.78, 5) is 21.4. The highest BCUT2D eigenvalue weighted by Gasteiger charge is 2.25. The van der Waals surface area contributed by atoms with Crippen LogP contribution in [-0.4, -0.2) is 54.3 Å². The van der Waals surface area contributed by atoms with Gasteiger partial charge in [-0.05, 0) is 45.1 Å². The minimum absolute atomic E-state index is 0.409. The van der Waals surface area contributed by atoms with E-state index in [-0.39, 0.29) is 0 Å². The van der Waals surface area contributed by atoms with E-state index in [0.29, 0.717) is 23.6 Å². The SMILES string of the molecule is COc1ccc(C#N)c2coc(C3CCN(C)CC3)c12.O=C(O)C=CC(=O)O. The number of nitriles is 1. The first-order chi connectivity index (χ1) is 13.4. The Morgan fingerprint density at radius 1 is 1.25 bits per heavy atom. The van der Waals surface area contributed by atoms with Crippen LogP contribution in [-0.2, 0) is 9.59 Å². The Hall–Kier alpha value is -3.31. The fraction of sp³-hybridized carbons (Fsp3) is 0.350. The zero-order valence-electron chi connectivity index (χ0n) is 15.7. The first-order valence-electron chi connectivity index (χ1n) is 8.68. The molecule has 8 heteroatoms. The van der Waals surface area contributed by atoms with Crippen LogP contribution in [0.4, 0.5) is 0 Å². The van der Waals surface area contributed by atoms with Crippen molar-refractivity contribution in [3.63, 3.8) is 0 Å². The average Bonchev–Trinajstić information content (AvgIpc) is 3.12. The van der Waals surface area contributed by atoms with Crippen molar-refractivity contribution >= 4 is 22.7 Å². The molecule has 1 aliphatic rings. The molecule has 0 saturated carbocycles. The number of likely N-dealkylation sites (tertiary alicyclic amines) is 1.